The SMILES string of the molecule is CCn1c(SCC(=O)N[C@H](C)C(C)C)nc2cc(S(=O)(=O)N3CCOCC3)ccc21. The predicted octanol–water partition coefficient (Wildman–Crippen LogP) is 2.33. The number of hydrogen-bond donors (Lipinski definition) is 1. The fourth-order valence-corrected chi connectivity index (χ4v) is 5.51. The van der Waals surface area contributed by atoms with Crippen molar-refractivity contribution >= 4 is 38.7 Å². The van der Waals surface area contributed by atoms with Gasteiger partial charge in [0.2, 0.25) is 15.9 Å². The Balaban J connectivity index is 1.81. The molecule has 1 aromatic heterocycles. The highest BCUT2D eigenvalue weighted by molar-refractivity contribution is 7.99. The number of nitrogens with zero attached hydrogens (tertiary/aromatic N) is 3. The molecule has 3 rings (SSSR count). The Morgan fingerprint density at radius 3 is 2.60 bits per heavy atom. The van der Waals surface area contributed by atoms with Gasteiger partial charge in [0.15, 0.2) is 5.16 Å². The zero-order valence-electron chi connectivity index (χ0n) is 17.9. The van der Waals surface area contributed by atoms with E-state index in [0.717, 1.165) is 5.52 Å². The van der Waals surface area contributed by atoms with Gasteiger partial charge in [-0.15, -0.1) is 0 Å². The van der Waals surface area contributed by atoms with E-state index in [2.05, 4.69) is 24.1 Å². The summed E-state index contributed by atoms with van der Waals surface area (Å²) in [5.74, 6) is 0.594. The number of sulfonamides is 1. The van der Waals surface area contributed by atoms with E-state index >= 15 is 0 Å². The third-order valence-corrected chi connectivity index (χ3v) is 8.20. The maximum absolute atomic E-state index is 12.9. The predicted molar refractivity (Wildman–Crippen MR) is 118 cm³/mol. The van der Waals surface area contributed by atoms with E-state index in [1.807, 2.05) is 18.4 Å². The highest BCUT2D eigenvalue weighted by Gasteiger charge is 2.27. The van der Waals surface area contributed by atoms with Crippen LogP contribution in [0, 0.1) is 5.92 Å². The number of benzene rings is 1. The Bertz CT molecular complexity index is 998. The van der Waals surface area contributed by atoms with E-state index in [0.29, 0.717) is 49.4 Å². The number of rotatable bonds is 8. The summed E-state index contributed by atoms with van der Waals surface area (Å²) in [6.07, 6.45) is 0. The van der Waals surface area contributed by atoms with E-state index < -0.39 is 10.0 Å². The van der Waals surface area contributed by atoms with Gasteiger partial charge in [0.1, 0.15) is 0 Å². The fourth-order valence-electron chi connectivity index (χ4n) is 3.19. The molecule has 1 amide bonds. The number of aryl methyl sites for hydroxylation is 1. The topological polar surface area (TPSA) is 93.5 Å². The van der Waals surface area contributed by atoms with Crippen LogP contribution in [0.4, 0.5) is 0 Å². The molecule has 1 aliphatic heterocycles. The monoisotopic (exact) mass is 454 g/mol. The van der Waals surface area contributed by atoms with Gasteiger partial charge in [-0.1, -0.05) is 25.6 Å². The lowest BCUT2D eigenvalue weighted by molar-refractivity contribution is -0.119. The van der Waals surface area contributed by atoms with Crippen LogP contribution in [-0.4, -0.2) is 66.3 Å². The number of fused-ring (bicyclic) bond motifs is 1. The minimum absolute atomic E-state index is 0.0357. The summed E-state index contributed by atoms with van der Waals surface area (Å²) < 4.78 is 34.6. The van der Waals surface area contributed by atoms with Crippen molar-refractivity contribution in [1.82, 2.24) is 19.2 Å². The van der Waals surface area contributed by atoms with Crippen LogP contribution in [0.5, 0.6) is 0 Å². The Morgan fingerprint density at radius 1 is 1.27 bits per heavy atom. The van der Waals surface area contributed by atoms with Crippen LogP contribution in [0.25, 0.3) is 11.0 Å². The van der Waals surface area contributed by atoms with Crippen LogP contribution >= 0.6 is 11.8 Å². The lowest BCUT2D eigenvalue weighted by atomic mass is 10.1. The third-order valence-electron chi connectivity index (χ3n) is 5.33. The molecule has 1 fully saturated rings. The molecule has 1 aliphatic rings. The van der Waals surface area contributed by atoms with Crippen LogP contribution in [0.15, 0.2) is 28.3 Å². The van der Waals surface area contributed by atoms with Gasteiger partial charge in [0.25, 0.3) is 0 Å². The highest BCUT2D eigenvalue weighted by atomic mass is 32.2. The van der Waals surface area contributed by atoms with Crippen molar-refractivity contribution in [1.29, 1.82) is 0 Å². The average molecular weight is 455 g/mol. The maximum atomic E-state index is 12.9. The molecule has 1 N–H and O–H groups in total. The van der Waals surface area contributed by atoms with E-state index in [-0.39, 0.29) is 22.6 Å². The van der Waals surface area contributed by atoms with Crippen LogP contribution < -0.4 is 5.32 Å². The molecule has 1 aromatic carbocycles. The van der Waals surface area contributed by atoms with E-state index in [1.54, 1.807) is 18.2 Å². The molecule has 30 heavy (non-hydrogen) atoms. The lowest BCUT2D eigenvalue weighted by Gasteiger charge is -2.26. The molecule has 1 atom stereocenters. The largest absolute Gasteiger partial charge is 0.379 e. The molecule has 10 heteroatoms. The van der Waals surface area contributed by atoms with Gasteiger partial charge in [0.05, 0.1) is 34.9 Å². The summed E-state index contributed by atoms with van der Waals surface area (Å²) in [6, 6.07) is 5.16. The third kappa shape index (κ3) is 4.99. The number of carbonyl (C=O) groups is 1. The van der Waals surface area contributed by atoms with Crippen molar-refractivity contribution < 1.29 is 17.9 Å². The summed E-state index contributed by atoms with van der Waals surface area (Å²) in [4.78, 5) is 17.1. The molecule has 0 bridgehead atoms. The van der Waals surface area contributed by atoms with Crippen molar-refractivity contribution in [3.8, 4) is 0 Å². The average Bonchev–Trinajstić information content (AvgIpc) is 3.09. The molecule has 0 aliphatic carbocycles. The van der Waals surface area contributed by atoms with Gasteiger partial charge >= 0.3 is 0 Å². The van der Waals surface area contributed by atoms with E-state index in [1.165, 1.54) is 16.1 Å². The quantitative estimate of drug-likeness (QED) is 0.616. The highest BCUT2D eigenvalue weighted by Crippen LogP contribution is 2.27. The second-order valence-corrected chi connectivity index (χ2v) is 10.6. The van der Waals surface area contributed by atoms with Crippen LogP contribution in [0.2, 0.25) is 0 Å². The minimum Gasteiger partial charge on any atom is -0.379 e. The fraction of sp³-hybridized carbons (Fsp3) is 0.600. The molecular weight excluding hydrogens is 424 g/mol. The zero-order chi connectivity index (χ0) is 21.9. The molecule has 2 heterocycles. The van der Waals surface area contributed by atoms with Crippen LogP contribution in [-0.2, 0) is 26.1 Å². The summed E-state index contributed by atoms with van der Waals surface area (Å²) in [5, 5.41) is 3.70. The molecule has 0 unspecified atom stereocenters. The first kappa shape index (κ1) is 23.1. The van der Waals surface area contributed by atoms with Crippen molar-refractivity contribution in [3.05, 3.63) is 18.2 Å². The molecule has 8 nitrogen and oxygen atoms in total. The number of aromatic nitrogens is 2. The van der Waals surface area contributed by atoms with Crippen molar-refractivity contribution in [3.63, 3.8) is 0 Å². The Labute approximate surface area is 182 Å². The second-order valence-electron chi connectivity index (χ2n) is 7.69. The first-order valence-electron chi connectivity index (χ1n) is 10.2. The summed E-state index contributed by atoms with van der Waals surface area (Å²) in [5.41, 5.74) is 1.47. The van der Waals surface area contributed by atoms with Crippen molar-refractivity contribution in [2.75, 3.05) is 32.1 Å². The number of amides is 1. The first-order valence-corrected chi connectivity index (χ1v) is 12.7. The molecular formula is C20H30N4O4S2. The normalized spacial score (nSPS) is 16.8. The zero-order valence-corrected chi connectivity index (χ0v) is 19.6. The van der Waals surface area contributed by atoms with Gasteiger partial charge in [-0.05, 0) is 38.0 Å². The Morgan fingerprint density at radius 2 is 1.97 bits per heavy atom. The molecule has 0 saturated carbocycles. The first-order chi connectivity index (χ1) is 14.2. The van der Waals surface area contributed by atoms with Gasteiger partial charge in [0, 0.05) is 25.7 Å². The minimum atomic E-state index is -3.58. The van der Waals surface area contributed by atoms with Crippen LogP contribution in [0.1, 0.15) is 27.7 Å². The van der Waals surface area contributed by atoms with E-state index in [4.69, 9.17) is 4.74 Å². The number of morpholine rings is 1. The molecule has 0 spiro atoms. The number of nitrogens with one attached hydrogen (secondary N) is 1. The Kier molecular flexibility index (Phi) is 7.43. The number of carbonyl (C=O) groups excluding carboxylic acids is 1. The lowest BCUT2D eigenvalue weighted by Crippen LogP contribution is -2.40. The second kappa shape index (κ2) is 9.67. The number of ether oxygens (including phenoxy) is 1. The van der Waals surface area contributed by atoms with E-state index in [9.17, 15) is 13.2 Å². The number of thioether (sulfide) groups is 1. The molecule has 0 radical (unpaired) electrons. The molecule has 1 saturated heterocycles. The van der Waals surface area contributed by atoms with Crippen LogP contribution in [0.3, 0.4) is 0 Å². The van der Waals surface area contributed by atoms with Gasteiger partial charge < -0.3 is 14.6 Å². The van der Waals surface area contributed by atoms with Crippen molar-refractivity contribution in [2.24, 2.45) is 5.92 Å². The van der Waals surface area contributed by atoms with Crippen molar-refractivity contribution in [2.45, 2.75) is 50.3 Å². The number of hydrogen-bond acceptors (Lipinski definition) is 6. The smallest absolute Gasteiger partial charge is 0.243 e. The Hall–Kier alpha value is -1.62. The molecule has 166 valence electrons. The molecule has 2 aromatic rings. The maximum Gasteiger partial charge on any atom is 0.243 e. The van der Waals surface area contributed by atoms with Gasteiger partial charge in [-0.3, -0.25) is 4.79 Å². The number of imidazole rings is 1. The van der Waals surface area contributed by atoms with Gasteiger partial charge in [-0.2, -0.15) is 4.31 Å². The summed E-state index contributed by atoms with van der Waals surface area (Å²) in [7, 11) is -3.58. The summed E-state index contributed by atoms with van der Waals surface area (Å²) >= 11 is 1.36. The summed E-state index contributed by atoms with van der Waals surface area (Å²) in [6.45, 7) is 10.3. The van der Waals surface area contributed by atoms with Gasteiger partial charge in [-0.25, -0.2) is 13.4 Å². The standard InChI is InChI=1S/C20H30N4O4S2/c1-5-24-18-7-6-16(30(26,27)23-8-10-28-11-9-23)12-17(18)22-20(24)29-13-19(25)21-15(4)14(2)3/h6-7,12,14-15H,5,8-11,13H2,1-4H3,(H,21,25)/t15-/m1/s1.